The average molecular weight is 279 g/mol. The van der Waals surface area contributed by atoms with Crippen molar-refractivity contribution in [1.29, 1.82) is 0 Å². The van der Waals surface area contributed by atoms with Gasteiger partial charge in [-0.15, -0.1) is 0 Å². The van der Waals surface area contributed by atoms with Crippen LogP contribution in [0, 0.1) is 5.92 Å². The van der Waals surface area contributed by atoms with Gasteiger partial charge >= 0.3 is 12.1 Å². The average Bonchev–Trinajstić information content (AvgIpc) is 2.25. The molecule has 0 aliphatic carbocycles. The van der Waals surface area contributed by atoms with Gasteiger partial charge in [-0.2, -0.15) is 0 Å². The largest absolute Gasteiger partial charge is 0.480 e. The van der Waals surface area contributed by atoms with Gasteiger partial charge in [-0.1, -0.05) is 0 Å². The monoisotopic (exact) mass is 279 g/mol. The topological polar surface area (TPSA) is 66.8 Å². The first-order valence-electron chi connectivity index (χ1n) is 6.12. The predicted molar refractivity (Wildman–Crippen MR) is 63.1 cm³/mol. The van der Waals surface area contributed by atoms with Crippen molar-refractivity contribution in [3.63, 3.8) is 0 Å². The molecule has 7 heteroatoms. The van der Waals surface area contributed by atoms with E-state index >= 15 is 0 Å². The van der Waals surface area contributed by atoms with Crippen molar-refractivity contribution in [3.8, 4) is 0 Å². The second-order valence-corrected chi connectivity index (χ2v) is 5.65. The molecule has 1 fully saturated rings. The molecule has 1 N–H and O–H groups in total. The van der Waals surface area contributed by atoms with Crippen LogP contribution in [0.25, 0.3) is 0 Å². The van der Waals surface area contributed by atoms with Gasteiger partial charge in [-0.05, 0) is 33.6 Å². The first-order valence-corrected chi connectivity index (χ1v) is 6.12. The normalized spacial score (nSPS) is 24.4. The van der Waals surface area contributed by atoms with E-state index in [9.17, 15) is 18.4 Å². The lowest BCUT2D eigenvalue weighted by atomic mass is 9.91. The van der Waals surface area contributed by atoms with Gasteiger partial charge in [0.25, 0.3) is 0 Å². The molecule has 0 radical (unpaired) electrons. The lowest BCUT2D eigenvalue weighted by Gasteiger charge is -2.37. The molecule has 2 unspecified atom stereocenters. The van der Waals surface area contributed by atoms with E-state index in [0.29, 0.717) is 0 Å². The molecular weight excluding hydrogens is 260 g/mol. The highest BCUT2D eigenvalue weighted by Crippen LogP contribution is 2.29. The lowest BCUT2D eigenvalue weighted by molar-refractivity contribution is -0.146. The number of nitrogens with zero attached hydrogens (tertiary/aromatic N) is 1. The smallest absolute Gasteiger partial charge is 0.411 e. The summed E-state index contributed by atoms with van der Waals surface area (Å²) < 4.78 is 30.3. The van der Waals surface area contributed by atoms with Crippen LogP contribution in [0.1, 0.15) is 33.6 Å². The molecule has 5 nitrogen and oxygen atoms in total. The number of hydrogen-bond acceptors (Lipinski definition) is 3. The van der Waals surface area contributed by atoms with Gasteiger partial charge in [0, 0.05) is 12.5 Å². The Hall–Kier alpha value is -1.40. The van der Waals surface area contributed by atoms with E-state index in [0.717, 1.165) is 4.90 Å². The summed E-state index contributed by atoms with van der Waals surface area (Å²) in [6, 6.07) is -1.25. The number of amides is 1. The number of ether oxygens (including phenoxy) is 1. The minimum absolute atomic E-state index is 0.0269. The number of carboxylic acids is 1. The van der Waals surface area contributed by atoms with Crippen LogP contribution in [0.15, 0.2) is 0 Å². The van der Waals surface area contributed by atoms with Crippen LogP contribution in [0.5, 0.6) is 0 Å². The molecule has 0 spiro atoms. The number of piperidine rings is 1. The highest BCUT2D eigenvalue weighted by atomic mass is 19.3. The number of carbonyl (C=O) groups is 2. The third kappa shape index (κ3) is 4.33. The summed E-state index contributed by atoms with van der Waals surface area (Å²) in [4.78, 5) is 24.0. The van der Waals surface area contributed by atoms with Gasteiger partial charge in [0.1, 0.15) is 11.6 Å². The zero-order valence-electron chi connectivity index (χ0n) is 11.2. The molecule has 2 atom stereocenters. The second kappa shape index (κ2) is 5.71. The summed E-state index contributed by atoms with van der Waals surface area (Å²) in [6.45, 7) is 4.95. The van der Waals surface area contributed by atoms with E-state index in [1.54, 1.807) is 20.8 Å². The first-order chi connectivity index (χ1) is 8.61. The van der Waals surface area contributed by atoms with Gasteiger partial charge in [0.15, 0.2) is 0 Å². The standard InChI is InChI=1S/C12H19F2NO4/c1-12(2,3)19-11(18)15-5-4-7(9(13)14)6-8(15)10(16)17/h7-9H,4-6H2,1-3H3,(H,16,17). The Morgan fingerprint density at radius 2 is 1.95 bits per heavy atom. The van der Waals surface area contributed by atoms with Crippen molar-refractivity contribution in [2.45, 2.75) is 51.7 Å². The maximum atomic E-state index is 12.6. The zero-order chi connectivity index (χ0) is 14.8. The Labute approximate surface area is 110 Å². The lowest BCUT2D eigenvalue weighted by Crippen LogP contribution is -2.52. The molecule has 110 valence electrons. The number of rotatable bonds is 2. The maximum Gasteiger partial charge on any atom is 0.411 e. The fourth-order valence-electron chi connectivity index (χ4n) is 1.99. The van der Waals surface area contributed by atoms with Crippen molar-refractivity contribution in [2.75, 3.05) is 6.54 Å². The van der Waals surface area contributed by atoms with Crippen LogP contribution in [0.4, 0.5) is 13.6 Å². The van der Waals surface area contributed by atoms with Crippen molar-refractivity contribution < 1.29 is 28.2 Å². The molecule has 1 rings (SSSR count). The molecule has 1 aliphatic rings. The highest BCUT2D eigenvalue weighted by Gasteiger charge is 2.40. The molecule has 19 heavy (non-hydrogen) atoms. The third-order valence-electron chi connectivity index (χ3n) is 2.91. The van der Waals surface area contributed by atoms with Crippen molar-refractivity contribution in [3.05, 3.63) is 0 Å². The molecule has 0 aromatic rings. The van der Waals surface area contributed by atoms with E-state index in [1.165, 1.54) is 0 Å². The Morgan fingerprint density at radius 3 is 2.37 bits per heavy atom. The van der Waals surface area contributed by atoms with Crippen LogP contribution in [0.2, 0.25) is 0 Å². The highest BCUT2D eigenvalue weighted by molar-refractivity contribution is 5.80. The SMILES string of the molecule is CC(C)(C)OC(=O)N1CCC(C(F)F)CC1C(=O)O. The van der Waals surface area contributed by atoms with Gasteiger partial charge in [-0.25, -0.2) is 18.4 Å². The molecule has 1 saturated heterocycles. The van der Waals surface area contributed by atoms with Gasteiger partial charge < -0.3 is 9.84 Å². The number of hydrogen-bond donors (Lipinski definition) is 1. The predicted octanol–water partition coefficient (Wildman–Crippen LogP) is 2.35. The minimum Gasteiger partial charge on any atom is -0.480 e. The summed E-state index contributed by atoms with van der Waals surface area (Å²) in [5.74, 6) is -2.27. The van der Waals surface area contributed by atoms with Gasteiger partial charge in [-0.3, -0.25) is 4.90 Å². The van der Waals surface area contributed by atoms with E-state index < -0.39 is 36.0 Å². The van der Waals surface area contributed by atoms with Crippen LogP contribution in [-0.2, 0) is 9.53 Å². The summed E-state index contributed by atoms with van der Waals surface area (Å²) >= 11 is 0. The summed E-state index contributed by atoms with van der Waals surface area (Å²) in [6.07, 6.45) is -3.50. The number of aliphatic carboxylic acids is 1. The number of likely N-dealkylation sites (tertiary alicyclic amines) is 1. The molecule has 0 aromatic carbocycles. The number of carboxylic acid groups (broad SMARTS) is 1. The quantitative estimate of drug-likeness (QED) is 0.842. The summed E-state index contributed by atoms with van der Waals surface area (Å²) in [7, 11) is 0. The molecule has 1 amide bonds. The molecule has 1 aliphatic heterocycles. The van der Waals surface area contributed by atoms with E-state index in [4.69, 9.17) is 9.84 Å². The van der Waals surface area contributed by atoms with Crippen LogP contribution >= 0.6 is 0 Å². The van der Waals surface area contributed by atoms with E-state index in [-0.39, 0.29) is 19.4 Å². The van der Waals surface area contributed by atoms with Gasteiger partial charge in [0.05, 0.1) is 0 Å². The molecular formula is C12H19F2NO4. The van der Waals surface area contributed by atoms with Crippen molar-refractivity contribution in [1.82, 2.24) is 4.90 Å². The third-order valence-corrected chi connectivity index (χ3v) is 2.91. The first kappa shape index (κ1) is 15.7. The van der Waals surface area contributed by atoms with Crippen LogP contribution < -0.4 is 0 Å². The van der Waals surface area contributed by atoms with E-state index in [1.807, 2.05) is 0 Å². The number of halogens is 2. The van der Waals surface area contributed by atoms with Crippen molar-refractivity contribution >= 4 is 12.1 Å². The molecule has 0 saturated carbocycles. The van der Waals surface area contributed by atoms with Crippen LogP contribution in [-0.4, -0.2) is 46.7 Å². The minimum atomic E-state index is -2.57. The number of carbonyl (C=O) groups excluding carboxylic acids is 1. The van der Waals surface area contributed by atoms with E-state index in [2.05, 4.69) is 0 Å². The Kier molecular flexibility index (Phi) is 4.70. The molecule has 1 heterocycles. The Morgan fingerprint density at radius 1 is 1.37 bits per heavy atom. The second-order valence-electron chi connectivity index (χ2n) is 5.65. The summed E-state index contributed by atoms with van der Waals surface area (Å²) in [5.41, 5.74) is -0.750. The Balaban J connectivity index is 2.77. The van der Waals surface area contributed by atoms with Gasteiger partial charge in [0.2, 0.25) is 6.43 Å². The molecule has 0 aromatic heterocycles. The zero-order valence-corrected chi connectivity index (χ0v) is 11.2. The fraction of sp³-hybridized carbons (Fsp3) is 0.833. The Bertz CT molecular complexity index is 354. The van der Waals surface area contributed by atoms with Crippen LogP contribution in [0.3, 0.4) is 0 Å². The number of alkyl halides is 2. The summed E-state index contributed by atoms with van der Waals surface area (Å²) in [5, 5.41) is 9.06. The molecule has 0 bridgehead atoms. The fourth-order valence-corrected chi connectivity index (χ4v) is 1.99. The van der Waals surface area contributed by atoms with Crippen molar-refractivity contribution in [2.24, 2.45) is 5.92 Å². The maximum absolute atomic E-state index is 12.6.